The van der Waals surface area contributed by atoms with Gasteiger partial charge in [0.1, 0.15) is 5.88 Å². The van der Waals surface area contributed by atoms with Crippen LogP contribution in [0.25, 0.3) is 0 Å². The van der Waals surface area contributed by atoms with Crippen molar-refractivity contribution < 1.29 is 28.5 Å². The Morgan fingerprint density at radius 2 is 1.22 bits per heavy atom. The van der Waals surface area contributed by atoms with Gasteiger partial charge in [0.15, 0.2) is 23.0 Å². The summed E-state index contributed by atoms with van der Waals surface area (Å²) in [5, 5.41) is 2.21. The number of nitrogens with zero attached hydrogens (tertiary/aromatic N) is 2. The zero-order valence-electron chi connectivity index (χ0n) is 26.7. The molecule has 2 aliphatic heterocycles. The number of methoxy groups -OCH3 is 2. The summed E-state index contributed by atoms with van der Waals surface area (Å²) in [7, 11) is 7.56. The Labute approximate surface area is 282 Å². The molecule has 4 rings (SSSR count). The van der Waals surface area contributed by atoms with Crippen molar-refractivity contribution in [3.63, 3.8) is 0 Å². The Kier molecular flexibility index (Phi) is 18.2. The van der Waals surface area contributed by atoms with Crippen LogP contribution in [-0.2, 0) is 9.59 Å². The van der Waals surface area contributed by atoms with E-state index in [1.54, 1.807) is 32.4 Å². The predicted molar refractivity (Wildman–Crippen MR) is 183 cm³/mol. The highest BCUT2D eigenvalue weighted by molar-refractivity contribution is 6.67. The summed E-state index contributed by atoms with van der Waals surface area (Å²) in [6, 6.07) is 10.8. The number of benzene rings is 2. The number of hydrogen-bond acceptors (Lipinski definition) is 9. The summed E-state index contributed by atoms with van der Waals surface area (Å²) in [6.45, 7) is 5.93. The van der Waals surface area contributed by atoms with Crippen LogP contribution in [-0.4, -0.2) is 100 Å². The van der Waals surface area contributed by atoms with Gasteiger partial charge in [0.05, 0.1) is 33.3 Å². The van der Waals surface area contributed by atoms with Crippen LogP contribution in [0.2, 0.25) is 0 Å². The second-order valence-electron chi connectivity index (χ2n) is 11.1. The number of ether oxygens (including phenoxy) is 4. The maximum atomic E-state index is 11.4. The monoisotopic (exact) mass is 688 g/mol. The lowest BCUT2D eigenvalue weighted by Crippen LogP contribution is -2.32. The van der Waals surface area contributed by atoms with E-state index in [0.717, 1.165) is 57.1 Å². The maximum absolute atomic E-state index is 11.4. The molecule has 0 aliphatic carbocycles. The van der Waals surface area contributed by atoms with Crippen molar-refractivity contribution in [2.45, 2.75) is 25.7 Å². The van der Waals surface area contributed by atoms with Gasteiger partial charge in [-0.25, -0.2) is 0 Å². The maximum Gasteiger partial charge on any atom is 0.239 e. The fourth-order valence-electron chi connectivity index (χ4n) is 4.74. The molecule has 2 aromatic rings. The summed E-state index contributed by atoms with van der Waals surface area (Å²) in [5.41, 5.74) is 7.13. The molecule has 0 unspecified atom stereocenters. The van der Waals surface area contributed by atoms with Crippen molar-refractivity contribution in [1.82, 2.24) is 9.80 Å². The number of piperidine rings is 2. The highest BCUT2D eigenvalue weighted by atomic mass is 35.5. The van der Waals surface area contributed by atoms with Gasteiger partial charge in [-0.2, -0.15) is 0 Å². The van der Waals surface area contributed by atoms with E-state index < -0.39 is 5.24 Å². The second kappa shape index (κ2) is 21.2. The number of hydrogen-bond donors (Lipinski definition) is 2. The van der Waals surface area contributed by atoms with E-state index in [1.807, 2.05) is 18.2 Å². The number of nitrogens with one attached hydrogen (secondary N) is 1. The number of likely N-dealkylation sites (tertiary alicyclic amines) is 2. The fraction of sp³-hybridized carbons (Fsp3) is 0.562. The lowest BCUT2D eigenvalue weighted by molar-refractivity contribution is -0.114. The van der Waals surface area contributed by atoms with Crippen LogP contribution in [0.5, 0.6) is 23.0 Å². The molecule has 2 aromatic carbocycles. The van der Waals surface area contributed by atoms with Crippen LogP contribution in [0.1, 0.15) is 25.7 Å². The van der Waals surface area contributed by atoms with Gasteiger partial charge >= 0.3 is 0 Å². The van der Waals surface area contributed by atoms with Crippen molar-refractivity contribution in [3.8, 4) is 23.0 Å². The Bertz CT molecular complexity index is 1180. The van der Waals surface area contributed by atoms with Gasteiger partial charge < -0.3 is 39.8 Å². The van der Waals surface area contributed by atoms with Crippen LogP contribution in [0.3, 0.4) is 0 Å². The van der Waals surface area contributed by atoms with E-state index >= 15 is 0 Å². The molecule has 1 amide bonds. The molecule has 0 atom stereocenters. The SMILES string of the molecule is COc1ccc(N)cc1OCC1CCN(C)CC1.COc1ccc(NC(=O)CCl)cc1OCC1CCN(C)CC1.O=C(Cl)CCl. The Balaban J connectivity index is 0.000000277. The lowest BCUT2D eigenvalue weighted by Gasteiger charge is -2.28. The average Bonchev–Trinajstić information content (AvgIpc) is 3.05. The van der Waals surface area contributed by atoms with Gasteiger partial charge in [-0.3, -0.25) is 9.59 Å². The van der Waals surface area contributed by atoms with E-state index in [2.05, 4.69) is 29.2 Å². The number of rotatable bonds is 11. The largest absolute Gasteiger partial charge is 0.493 e. The molecule has 0 aromatic heterocycles. The third-order valence-corrected chi connectivity index (χ3v) is 8.24. The fourth-order valence-corrected chi connectivity index (χ4v) is 4.81. The molecule has 0 radical (unpaired) electrons. The van der Waals surface area contributed by atoms with E-state index in [-0.39, 0.29) is 17.7 Å². The number of anilines is 2. The number of carbonyl (C=O) groups excluding carboxylic acids is 2. The molecule has 3 N–H and O–H groups in total. The van der Waals surface area contributed by atoms with Crippen LogP contribution >= 0.6 is 34.8 Å². The number of nitrogen functional groups attached to an aromatic ring is 1. The third kappa shape index (κ3) is 15.0. The summed E-state index contributed by atoms with van der Waals surface area (Å²) in [6.07, 6.45) is 4.67. The predicted octanol–water partition coefficient (Wildman–Crippen LogP) is 5.58. The van der Waals surface area contributed by atoms with Crippen molar-refractivity contribution in [1.29, 1.82) is 0 Å². The first-order valence-corrected chi connectivity index (χ1v) is 16.4. The van der Waals surface area contributed by atoms with Crippen LogP contribution in [0.4, 0.5) is 11.4 Å². The Hall–Kier alpha value is -2.63. The first-order chi connectivity index (χ1) is 21.6. The van der Waals surface area contributed by atoms with Gasteiger partial charge in [0.2, 0.25) is 11.1 Å². The zero-order valence-corrected chi connectivity index (χ0v) is 28.9. The van der Waals surface area contributed by atoms with E-state index in [0.29, 0.717) is 41.3 Å². The molecule has 2 heterocycles. The van der Waals surface area contributed by atoms with Gasteiger partial charge in [0, 0.05) is 23.5 Å². The highest BCUT2D eigenvalue weighted by Crippen LogP contribution is 2.32. The van der Waals surface area contributed by atoms with Crippen molar-refractivity contribution >= 4 is 57.3 Å². The molecule has 0 spiro atoms. The molecule has 0 bridgehead atoms. The molecule has 13 heteroatoms. The molecule has 0 saturated carbocycles. The zero-order chi connectivity index (χ0) is 33.2. The highest BCUT2D eigenvalue weighted by Gasteiger charge is 2.19. The number of nitrogens with two attached hydrogens (primary N) is 1. The van der Waals surface area contributed by atoms with E-state index in [1.165, 1.54) is 12.8 Å². The Morgan fingerprint density at radius 3 is 1.64 bits per heavy atom. The normalized spacial score (nSPS) is 15.9. The van der Waals surface area contributed by atoms with Crippen LogP contribution in [0.15, 0.2) is 36.4 Å². The molecule has 10 nitrogen and oxygen atoms in total. The summed E-state index contributed by atoms with van der Waals surface area (Å²) < 4.78 is 22.4. The quantitative estimate of drug-likeness (QED) is 0.177. The van der Waals surface area contributed by atoms with Gasteiger partial charge in [-0.15, -0.1) is 23.2 Å². The summed E-state index contributed by atoms with van der Waals surface area (Å²) in [4.78, 5) is 25.5. The molecular formula is C32H47Cl3N4O6. The number of carbonyl (C=O) groups is 2. The lowest BCUT2D eigenvalue weighted by atomic mass is 9.98. The van der Waals surface area contributed by atoms with Crippen molar-refractivity contribution in [2.75, 3.05) is 90.5 Å². The van der Waals surface area contributed by atoms with Gasteiger partial charge in [-0.05, 0) is 114 Å². The van der Waals surface area contributed by atoms with Gasteiger partial charge in [-0.1, -0.05) is 0 Å². The standard InChI is InChI=1S/C16H23ClN2O3.C14H22N2O2.C2H2Cl2O/c1-19-7-5-12(6-8-19)11-22-15-9-13(18-16(20)10-17)3-4-14(15)21-2;1-16-7-5-11(6-8-16)10-18-14-9-12(15)3-4-13(14)17-2;3-1-2(4)5/h3-4,9,12H,5-8,10-11H2,1-2H3,(H,18,20);3-4,9,11H,5-8,10,15H2,1-2H3;1H2. The second-order valence-corrected chi connectivity index (χ2v) is 12.0. The van der Waals surface area contributed by atoms with Crippen molar-refractivity contribution in [2.24, 2.45) is 11.8 Å². The third-order valence-electron chi connectivity index (χ3n) is 7.49. The van der Waals surface area contributed by atoms with E-state index in [9.17, 15) is 9.59 Å². The Morgan fingerprint density at radius 1 is 0.778 bits per heavy atom. The molecule has 252 valence electrons. The minimum atomic E-state index is -0.508. The minimum absolute atomic E-state index is 0.0716. The number of halogens is 3. The number of amides is 1. The van der Waals surface area contributed by atoms with Crippen LogP contribution in [0, 0.1) is 11.8 Å². The summed E-state index contributed by atoms with van der Waals surface area (Å²) in [5.74, 6) is 3.58. The van der Waals surface area contributed by atoms with Crippen LogP contribution < -0.4 is 30.0 Å². The molecular weight excluding hydrogens is 643 g/mol. The van der Waals surface area contributed by atoms with Gasteiger partial charge in [0.25, 0.3) is 0 Å². The number of alkyl halides is 2. The summed E-state index contributed by atoms with van der Waals surface area (Å²) >= 11 is 15.0. The van der Waals surface area contributed by atoms with E-state index in [4.69, 9.17) is 59.5 Å². The molecule has 2 saturated heterocycles. The molecule has 45 heavy (non-hydrogen) atoms. The molecule has 2 aliphatic rings. The topological polar surface area (TPSA) is 116 Å². The first-order valence-electron chi connectivity index (χ1n) is 14.9. The average molecular weight is 690 g/mol. The van der Waals surface area contributed by atoms with Crippen molar-refractivity contribution in [3.05, 3.63) is 36.4 Å². The minimum Gasteiger partial charge on any atom is -0.493 e. The molecule has 2 fully saturated rings. The first kappa shape index (κ1) is 38.6. The smallest absolute Gasteiger partial charge is 0.239 e.